The maximum atomic E-state index is 12.0. The van der Waals surface area contributed by atoms with Crippen LogP contribution in [0.15, 0.2) is 53.3 Å². The quantitative estimate of drug-likeness (QED) is 0.782. The average molecular weight is 357 g/mol. The molecule has 0 fully saturated rings. The molecule has 0 atom stereocenters. The second-order valence-corrected chi connectivity index (χ2v) is 4.29. The van der Waals surface area contributed by atoms with Crippen LogP contribution in [0, 0.1) is 0 Å². The largest absolute Gasteiger partial charge is 0.294 e. The van der Waals surface area contributed by atoms with E-state index in [9.17, 15) is 4.79 Å². The number of pyridine rings is 1. The lowest BCUT2D eigenvalue weighted by Gasteiger charge is -2.03. The summed E-state index contributed by atoms with van der Waals surface area (Å²) in [4.78, 5) is 15.9. The number of carbonyl (C=O) groups is 1. The highest BCUT2D eigenvalue weighted by atomic mass is 79.9. The second kappa shape index (κ2) is 6.67. The number of carbonyl (C=O) groups excluding carboxylic acids is 1. The maximum absolute atomic E-state index is 12.0. The van der Waals surface area contributed by atoms with Gasteiger partial charge in [-0.2, -0.15) is 0 Å². The summed E-state index contributed by atoms with van der Waals surface area (Å²) in [5.74, 6) is 0.110. The molecule has 2 aromatic rings. The van der Waals surface area contributed by atoms with Gasteiger partial charge in [-0.1, -0.05) is 34.1 Å². The third-order valence-electron chi connectivity index (χ3n) is 2.29. The van der Waals surface area contributed by atoms with Gasteiger partial charge in [0.25, 0.3) is 0 Å². The number of aromatic nitrogens is 1. The van der Waals surface area contributed by atoms with Gasteiger partial charge in [0.05, 0.1) is 0 Å². The molecular formula is C13H11Br2NO. The molecule has 1 heterocycles. The Hall–Kier alpha value is -1.00. The van der Waals surface area contributed by atoms with Crippen molar-refractivity contribution < 1.29 is 4.79 Å². The van der Waals surface area contributed by atoms with Crippen molar-refractivity contribution >= 4 is 38.7 Å². The van der Waals surface area contributed by atoms with Gasteiger partial charge >= 0.3 is 0 Å². The van der Waals surface area contributed by atoms with Gasteiger partial charge in [-0.15, -0.1) is 17.0 Å². The van der Waals surface area contributed by atoms with Crippen molar-refractivity contribution in [2.45, 2.75) is 6.42 Å². The van der Waals surface area contributed by atoms with E-state index in [1.807, 2.05) is 36.4 Å². The molecule has 1 aromatic heterocycles. The summed E-state index contributed by atoms with van der Waals surface area (Å²) in [6.07, 6.45) is 3.80. The molecule has 0 saturated heterocycles. The zero-order chi connectivity index (χ0) is 11.4. The zero-order valence-electron chi connectivity index (χ0n) is 8.97. The monoisotopic (exact) mass is 355 g/mol. The topological polar surface area (TPSA) is 30.0 Å². The van der Waals surface area contributed by atoms with Crippen LogP contribution in [-0.2, 0) is 6.42 Å². The van der Waals surface area contributed by atoms with Crippen molar-refractivity contribution in [2.24, 2.45) is 0 Å². The van der Waals surface area contributed by atoms with Crippen LogP contribution in [0.3, 0.4) is 0 Å². The Morgan fingerprint density at radius 2 is 1.76 bits per heavy atom. The van der Waals surface area contributed by atoms with Crippen LogP contribution in [0.1, 0.15) is 15.9 Å². The summed E-state index contributed by atoms with van der Waals surface area (Å²) in [7, 11) is 0. The molecule has 0 aliphatic carbocycles. The van der Waals surface area contributed by atoms with Gasteiger partial charge in [-0.3, -0.25) is 9.78 Å². The van der Waals surface area contributed by atoms with Crippen LogP contribution in [0.5, 0.6) is 0 Å². The van der Waals surface area contributed by atoms with E-state index in [0.717, 1.165) is 15.6 Å². The second-order valence-electron chi connectivity index (χ2n) is 3.44. The van der Waals surface area contributed by atoms with E-state index < -0.39 is 0 Å². The van der Waals surface area contributed by atoms with Gasteiger partial charge in [0, 0.05) is 28.9 Å². The number of Topliss-reactive ketones (excluding diaryl/α,β-unsaturated/α-hetero) is 1. The molecule has 88 valence electrons. The van der Waals surface area contributed by atoms with Crippen molar-refractivity contribution in [2.75, 3.05) is 0 Å². The molecule has 0 bridgehead atoms. The molecule has 4 heteroatoms. The number of benzene rings is 1. The van der Waals surface area contributed by atoms with E-state index in [4.69, 9.17) is 0 Å². The normalized spacial score (nSPS) is 9.47. The first-order chi connectivity index (χ1) is 7.77. The third kappa shape index (κ3) is 3.75. The van der Waals surface area contributed by atoms with Crippen LogP contribution in [0.2, 0.25) is 0 Å². The van der Waals surface area contributed by atoms with Crippen LogP contribution in [0.25, 0.3) is 0 Å². The average Bonchev–Trinajstić information content (AvgIpc) is 2.31. The summed E-state index contributed by atoms with van der Waals surface area (Å²) >= 11 is 3.38. The van der Waals surface area contributed by atoms with E-state index in [2.05, 4.69) is 20.9 Å². The molecule has 0 aliphatic rings. The molecule has 0 aliphatic heterocycles. The van der Waals surface area contributed by atoms with Crippen molar-refractivity contribution in [1.82, 2.24) is 4.98 Å². The van der Waals surface area contributed by atoms with Crippen LogP contribution in [0.4, 0.5) is 0 Å². The molecule has 0 spiro atoms. The fraction of sp³-hybridized carbons (Fsp3) is 0.0769. The number of rotatable bonds is 3. The minimum absolute atomic E-state index is 0. The molecule has 2 nitrogen and oxygen atoms in total. The molecule has 0 N–H and O–H groups in total. The Kier molecular flexibility index (Phi) is 5.51. The van der Waals surface area contributed by atoms with Gasteiger partial charge < -0.3 is 0 Å². The van der Waals surface area contributed by atoms with Crippen LogP contribution in [-0.4, -0.2) is 10.8 Å². The SMILES string of the molecule is Br.O=C(Cc1ccncc1)c1ccccc1Br. The predicted molar refractivity (Wildman–Crippen MR) is 76.7 cm³/mol. The van der Waals surface area contributed by atoms with Gasteiger partial charge in [0.15, 0.2) is 5.78 Å². The number of halogens is 2. The Morgan fingerprint density at radius 1 is 1.12 bits per heavy atom. The molecule has 2 rings (SSSR count). The lowest BCUT2D eigenvalue weighted by molar-refractivity contribution is 0.0992. The van der Waals surface area contributed by atoms with Gasteiger partial charge in [0.2, 0.25) is 0 Å². The summed E-state index contributed by atoms with van der Waals surface area (Å²) in [5, 5.41) is 0. The van der Waals surface area contributed by atoms with Crippen LogP contribution >= 0.6 is 32.9 Å². The molecular weight excluding hydrogens is 346 g/mol. The fourth-order valence-electron chi connectivity index (χ4n) is 1.47. The highest BCUT2D eigenvalue weighted by Gasteiger charge is 2.09. The lowest BCUT2D eigenvalue weighted by atomic mass is 10.0. The summed E-state index contributed by atoms with van der Waals surface area (Å²) in [5.41, 5.74) is 1.70. The minimum Gasteiger partial charge on any atom is -0.294 e. The highest BCUT2D eigenvalue weighted by Crippen LogP contribution is 2.17. The Balaban J connectivity index is 0.00000144. The summed E-state index contributed by atoms with van der Waals surface area (Å²) < 4.78 is 0.842. The zero-order valence-corrected chi connectivity index (χ0v) is 12.3. The first-order valence-corrected chi connectivity index (χ1v) is 5.73. The molecule has 0 unspecified atom stereocenters. The smallest absolute Gasteiger partial charge is 0.168 e. The Morgan fingerprint density at radius 3 is 2.41 bits per heavy atom. The third-order valence-corrected chi connectivity index (χ3v) is 2.98. The lowest BCUT2D eigenvalue weighted by Crippen LogP contribution is -2.04. The van der Waals surface area contributed by atoms with E-state index in [1.165, 1.54) is 0 Å². The van der Waals surface area contributed by atoms with Crippen LogP contribution < -0.4 is 0 Å². The first kappa shape index (κ1) is 14.1. The van der Waals surface area contributed by atoms with Gasteiger partial charge in [-0.05, 0) is 23.8 Å². The number of hydrogen-bond acceptors (Lipinski definition) is 2. The van der Waals surface area contributed by atoms with E-state index in [1.54, 1.807) is 12.4 Å². The Bertz CT molecular complexity index is 500. The van der Waals surface area contributed by atoms with Crippen molar-refractivity contribution in [3.05, 3.63) is 64.4 Å². The molecule has 0 amide bonds. The minimum atomic E-state index is 0. The number of ketones is 1. The number of nitrogens with zero attached hydrogens (tertiary/aromatic N) is 1. The molecule has 0 radical (unpaired) electrons. The maximum Gasteiger partial charge on any atom is 0.168 e. The highest BCUT2D eigenvalue weighted by molar-refractivity contribution is 9.10. The van der Waals surface area contributed by atoms with Crippen molar-refractivity contribution in [3.63, 3.8) is 0 Å². The molecule has 0 saturated carbocycles. The van der Waals surface area contributed by atoms with E-state index in [0.29, 0.717) is 6.42 Å². The Labute approximate surface area is 119 Å². The van der Waals surface area contributed by atoms with Gasteiger partial charge in [-0.25, -0.2) is 0 Å². The summed E-state index contributed by atoms with van der Waals surface area (Å²) in [6, 6.07) is 11.2. The van der Waals surface area contributed by atoms with Crippen molar-refractivity contribution in [3.8, 4) is 0 Å². The van der Waals surface area contributed by atoms with E-state index >= 15 is 0 Å². The van der Waals surface area contributed by atoms with E-state index in [-0.39, 0.29) is 22.8 Å². The van der Waals surface area contributed by atoms with Crippen molar-refractivity contribution in [1.29, 1.82) is 0 Å². The predicted octanol–water partition coefficient (Wildman–Crippen LogP) is 3.85. The first-order valence-electron chi connectivity index (χ1n) is 4.94. The molecule has 17 heavy (non-hydrogen) atoms. The standard InChI is InChI=1S/C13H10BrNO.BrH/c14-12-4-2-1-3-11(12)13(16)9-10-5-7-15-8-6-10;/h1-8H,9H2;1H. The molecule has 1 aromatic carbocycles. The number of hydrogen-bond donors (Lipinski definition) is 0. The summed E-state index contributed by atoms with van der Waals surface area (Å²) in [6.45, 7) is 0. The fourth-order valence-corrected chi connectivity index (χ4v) is 1.97. The van der Waals surface area contributed by atoms with Gasteiger partial charge in [0.1, 0.15) is 0 Å².